The lowest BCUT2D eigenvalue weighted by atomic mass is 9.99. The van der Waals surface area contributed by atoms with Gasteiger partial charge in [-0.05, 0) is 48.8 Å². The first-order chi connectivity index (χ1) is 6.70. The molecule has 0 amide bonds. The van der Waals surface area contributed by atoms with Crippen molar-refractivity contribution in [2.75, 3.05) is 0 Å². The van der Waals surface area contributed by atoms with Crippen LogP contribution in [-0.4, -0.2) is 0 Å². The maximum Gasteiger partial charge on any atom is -0.0128 e. The fraction of sp³-hybridized carbons (Fsp3) is 0.429. The molecule has 1 aromatic rings. The summed E-state index contributed by atoms with van der Waals surface area (Å²) in [6, 6.07) is 6.94. The topological polar surface area (TPSA) is 0 Å². The van der Waals surface area contributed by atoms with Crippen LogP contribution in [0.15, 0.2) is 30.4 Å². The first-order valence-corrected chi connectivity index (χ1v) is 5.46. The third-order valence-corrected chi connectivity index (χ3v) is 3.31. The van der Waals surface area contributed by atoms with Gasteiger partial charge in [0, 0.05) is 0 Å². The number of hydrogen-bond acceptors (Lipinski definition) is 0. The molecule has 1 atom stereocenters. The number of hydrogen-bond donors (Lipinski definition) is 0. The zero-order valence-corrected chi connectivity index (χ0v) is 9.14. The van der Waals surface area contributed by atoms with Crippen molar-refractivity contribution in [3.63, 3.8) is 0 Å². The van der Waals surface area contributed by atoms with E-state index in [0.29, 0.717) is 5.92 Å². The van der Waals surface area contributed by atoms with Gasteiger partial charge in [-0.2, -0.15) is 0 Å². The smallest absolute Gasteiger partial charge is 0.0128 e. The van der Waals surface area contributed by atoms with Gasteiger partial charge in [0.05, 0.1) is 0 Å². The van der Waals surface area contributed by atoms with Crippen molar-refractivity contribution in [3.8, 4) is 0 Å². The Labute approximate surface area is 86.7 Å². The summed E-state index contributed by atoms with van der Waals surface area (Å²) >= 11 is 0. The summed E-state index contributed by atoms with van der Waals surface area (Å²) < 4.78 is 0. The molecule has 74 valence electrons. The molecule has 14 heavy (non-hydrogen) atoms. The zero-order valence-electron chi connectivity index (χ0n) is 9.14. The molecule has 0 saturated heterocycles. The fourth-order valence-corrected chi connectivity index (χ4v) is 2.24. The molecule has 0 bridgehead atoms. The summed E-state index contributed by atoms with van der Waals surface area (Å²) in [7, 11) is 0. The van der Waals surface area contributed by atoms with Gasteiger partial charge < -0.3 is 0 Å². The maximum absolute atomic E-state index is 4.06. The van der Waals surface area contributed by atoms with E-state index in [1.807, 2.05) is 0 Å². The monoisotopic (exact) mass is 186 g/mol. The van der Waals surface area contributed by atoms with Crippen LogP contribution in [-0.2, 0) is 19.3 Å². The summed E-state index contributed by atoms with van der Waals surface area (Å²) in [6.07, 6.45) is 3.55. The van der Waals surface area contributed by atoms with Crippen LogP contribution >= 0.6 is 0 Å². The molecular weight excluding hydrogens is 168 g/mol. The van der Waals surface area contributed by atoms with E-state index in [1.165, 1.54) is 29.5 Å². The quantitative estimate of drug-likeness (QED) is 0.620. The van der Waals surface area contributed by atoms with Crippen LogP contribution in [0.3, 0.4) is 0 Å². The van der Waals surface area contributed by atoms with Crippen LogP contribution in [0.2, 0.25) is 0 Å². The SMILES string of the molecule is C=C(C)C1Cc2ccc(CC)cc2C1. The predicted octanol–water partition coefficient (Wildman–Crippen LogP) is 3.54. The molecule has 0 heteroatoms. The van der Waals surface area contributed by atoms with Gasteiger partial charge in [-0.25, -0.2) is 0 Å². The van der Waals surface area contributed by atoms with Crippen molar-refractivity contribution < 1.29 is 0 Å². The molecule has 0 radical (unpaired) electrons. The Morgan fingerprint density at radius 1 is 1.36 bits per heavy atom. The van der Waals surface area contributed by atoms with Crippen LogP contribution in [0.4, 0.5) is 0 Å². The number of rotatable bonds is 2. The van der Waals surface area contributed by atoms with Crippen LogP contribution in [0.25, 0.3) is 0 Å². The third-order valence-electron chi connectivity index (χ3n) is 3.31. The Bertz CT molecular complexity index is 360. The molecular formula is C14H18. The van der Waals surface area contributed by atoms with Gasteiger partial charge >= 0.3 is 0 Å². The fourth-order valence-electron chi connectivity index (χ4n) is 2.24. The van der Waals surface area contributed by atoms with Gasteiger partial charge in [0.2, 0.25) is 0 Å². The normalized spacial score (nSPS) is 19.4. The highest BCUT2D eigenvalue weighted by atomic mass is 14.3. The Hall–Kier alpha value is -1.04. The van der Waals surface area contributed by atoms with E-state index in [1.54, 1.807) is 5.56 Å². The van der Waals surface area contributed by atoms with Gasteiger partial charge in [-0.15, -0.1) is 0 Å². The predicted molar refractivity (Wildman–Crippen MR) is 61.5 cm³/mol. The minimum Gasteiger partial charge on any atom is -0.0998 e. The molecule has 0 spiro atoms. The van der Waals surface area contributed by atoms with E-state index in [-0.39, 0.29) is 0 Å². The molecule has 0 N–H and O–H groups in total. The van der Waals surface area contributed by atoms with E-state index >= 15 is 0 Å². The van der Waals surface area contributed by atoms with Crippen LogP contribution in [0, 0.1) is 5.92 Å². The number of fused-ring (bicyclic) bond motifs is 1. The van der Waals surface area contributed by atoms with Crippen LogP contribution in [0.1, 0.15) is 30.5 Å². The van der Waals surface area contributed by atoms with E-state index < -0.39 is 0 Å². The van der Waals surface area contributed by atoms with E-state index in [4.69, 9.17) is 0 Å². The van der Waals surface area contributed by atoms with Crippen molar-refractivity contribution >= 4 is 0 Å². The Morgan fingerprint density at radius 3 is 2.71 bits per heavy atom. The minimum absolute atomic E-state index is 0.692. The molecule has 2 rings (SSSR count). The van der Waals surface area contributed by atoms with Crippen molar-refractivity contribution in [2.24, 2.45) is 5.92 Å². The summed E-state index contributed by atoms with van der Waals surface area (Å²) in [6.45, 7) is 8.43. The van der Waals surface area contributed by atoms with Crippen molar-refractivity contribution in [3.05, 3.63) is 47.0 Å². The summed E-state index contributed by atoms with van der Waals surface area (Å²) in [4.78, 5) is 0. The molecule has 0 nitrogen and oxygen atoms in total. The van der Waals surface area contributed by atoms with E-state index in [9.17, 15) is 0 Å². The van der Waals surface area contributed by atoms with E-state index in [0.717, 1.165) is 6.42 Å². The summed E-state index contributed by atoms with van der Waals surface area (Å²) in [5.41, 5.74) is 5.89. The van der Waals surface area contributed by atoms with Crippen molar-refractivity contribution in [1.29, 1.82) is 0 Å². The highest BCUT2D eigenvalue weighted by molar-refractivity contribution is 5.37. The zero-order chi connectivity index (χ0) is 10.1. The first-order valence-electron chi connectivity index (χ1n) is 5.46. The van der Waals surface area contributed by atoms with Gasteiger partial charge in [0.25, 0.3) is 0 Å². The van der Waals surface area contributed by atoms with Crippen molar-refractivity contribution in [2.45, 2.75) is 33.1 Å². The molecule has 1 aliphatic rings. The molecule has 0 fully saturated rings. The lowest BCUT2D eigenvalue weighted by Crippen LogP contribution is -1.99. The molecule has 1 aliphatic carbocycles. The highest BCUT2D eigenvalue weighted by Crippen LogP contribution is 2.31. The summed E-state index contributed by atoms with van der Waals surface area (Å²) in [5, 5.41) is 0. The van der Waals surface area contributed by atoms with Crippen molar-refractivity contribution in [1.82, 2.24) is 0 Å². The third kappa shape index (κ3) is 1.61. The van der Waals surface area contributed by atoms with Crippen LogP contribution < -0.4 is 0 Å². The second-order valence-corrected chi connectivity index (χ2v) is 4.41. The maximum atomic E-state index is 4.06. The Kier molecular flexibility index (Phi) is 2.45. The Morgan fingerprint density at radius 2 is 2.07 bits per heavy atom. The molecule has 0 aromatic heterocycles. The summed E-state index contributed by atoms with van der Waals surface area (Å²) in [5.74, 6) is 0.692. The van der Waals surface area contributed by atoms with Gasteiger partial charge in [0.1, 0.15) is 0 Å². The van der Waals surface area contributed by atoms with Crippen LogP contribution in [0.5, 0.6) is 0 Å². The highest BCUT2D eigenvalue weighted by Gasteiger charge is 2.21. The molecule has 0 saturated carbocycles. The molecule has 0 aliphatic heterocycles. The van der Waals surface area contributed by atoms with Gasteiger partial charge in [-0.3, -0.25) is 0 Å². The van der Waals surface area contributed by atoms with Gasteiger partial charge in [-0.1, -0.05) is 37.3 Å². The lowest BCUT2D eigenvalue weighted by Gasteiger charge is -2.06. The number of benzene rings is 1. The molecule has 0 heterocycles. The van der Waals surface area contributed by atoms with E-state index in [2.05, 4.69) is 38.6 Å². The average molecular weight is 186 g/mol. The lowest BCUT2D eigenvalue weighted by molar-refractivity contribution is 0.661. The molecule has 1 aromatic carbocycles. The number of allylic oxidation sites excluding steroid dienone is 1. The second-order valence-electron chi connectivity index (χ2n) is 4.41. The first kappa shape index (κ1) is 9.51. The average Bonchev–Trinajstić information content (AvgIpc) is 2.59. The largest absolute Gasteiger partial charge is 0.0998 e. The standard InChI is InChI=1S/C14H18/c1-4-11-5-6-12-8-13(10(2)3)9-14(12)7-11/h5-7,13H,2,4,8-9H2,1,3H3. The number of aryl methyl sites for hydroxylation is 1. The minimum atomic E-state index is 0.692. The van der Waals surface area contributed by atoms with Gasteiger partial charge in [0.15, 0.2) is 0 Å². The Balaban J connectivity index is 2.27. The molecule has 1 unspecified atom stereocenters. The second kappa shape index (κ2) is 3.61.